The summed E-state index contributed by atoms with van der Waals surface area (Å²) in [7, 11) is 1.58. The molecule has 0 aliphatic heterocycles. The zero-order valence-corrected chi connectivity index (χ0v) is 14.2. The average Bonchev–Trinajstić information content (AvgIpc) is 2.49. The lowest BCUT2D eigenvalue weighted by Gasteiger charge is -2.11. The van der Waals surface area contributed by atoms with Crippen LogP contribution in [0.4, 0.5) is 4.39 Å². The van der Waals surface area contributed by atoms with Gasteiger partial charge in [-0.05, 0) is 61.7 Å². The molecule has 0 fully saturated rings. The van der Waals surface area contributed by atoms with Gasteiger partial charge in [-0.2, -0.15) is 5.26 Å². The highest BCUT2D eigenvalue weighted by Gasteiger charge is 2.09. The maximum absolute atomic E-state index is 13.2. The summed E-state index contributed by atoms with van der Waals surface area (Å²) in [5.41, 5.74) is 0.720. The number of nitrogens with zero attached hydrogens (tertiary/aromatic N) is 1. The molecular weight excluding hydrogens is 405 g/mol. The molecular formula is C15H10Br2FNO2. The molecule has 3 nitrogen and oxygen atoms in total. The molecule has 0 bridgehead atoms. The van der Waals surface area contributed by atoms with E-state index in [4.69, 9.17) is 14.7 Å². The molecule has 2 rings (SSSR count). The van der Waals surface area contributed by atoms with Crippen LogP contribution >= 0.6 is 31.9 Å². The zero-order chi connectivity index (χ0) is 15.4. The van der Waals surface area contributed by atoms with Crippen molar-refractivity contribution in [2.24, 2.45) is 0 Å². The molecule has 0 aliphatic rings. The van der Waals surface area contributed by atoms with Crippen molar-refractivity contribution in [2.75, 3.05) is 7.11 Å². The molecule has 21 heavy (non-hydrogen) atoms. The smallest absolute Gasteiger partial charge is 0.140 e. The first-order valence-electron chi connectivity index (χ1n) is 5.89. The molecule has 0 spiro atoms. The molecule has 2 aromatic rings. The topological polar surface area (TPSA) is 42.2 Å². The molecule has 0 amide bonds. The van der Waals surface area contributed by atoms with Crippen LogP contribution in [-0.2, 0) is 6.61 Å². The third-order valence-corrected chi connectivity index (χ3v) is 3.99. The summed E-state index contributed by atoms with van der Waals surface area (Å²) in [5, 5.41) is 8.81. The first-order valence-corrected chi connectivity index (χ1v) is 7.48. The Kier molecular flexibility index (Phi) is 5.21. The number of hydrogen-bond donors (Lipinski definition) is 0. The standard InChI is InChI=1S/C15H10Br2FNO2/c1-20-14-5-12(17)15(6-11(14)16)21-8-9-2-3-13(18)10(4-9)7-19/h2-6H,8H2,1H3. The van der Waals surface area contributed by atoms with Crippen LogP contribution in [0.5, 0.6) is 11.5 Å². The van der Waals surface area contributed by atoms with E-state index in [1.54, 1.807) is 31.4 Å². The fourth-order valence-corrected chi connectivity index (χ4v) is 2.61. The molecule has 0 saturated heterocycles. The van der Waals surface area contributed by atoms with Gasteiger partial charge in [-0.25, -0.2) is 4.39 Å². The van der Waals surface area contributed by atoms with Crippen LogP contribution < -0.4 is 9.47 Å². The van der Waals surface area contributed by atoms with Crippen LogP contribution in [0.15, 0.2) is 39.3 Å². The van der Waals surface area contributed by atoms with Gasteiger partial charge < -0.3 is 9.47 Å². The van der Waals surface area contributed by atoms with Crippen LogP contribution in [0.2, 0.25) is 0 Å². The van der Waals surface area contributed by atoms with Gasteiger partial charge in [0.05, 0.1) is 21.6 Å². The van der Waals surface area contributed by atoms with Crippen molar-refractivity contribution in [3.8, 4) is 17.6 Å². The zero-order valence-electron chi connectivity index (χ0n) is 11.0. The Morgan fingerprint density at radius 3 is 2.48 bits per heavy atom. The largest absolute Gasteiger partial charge is 0.496 e. The lowest BCUT2D eigenvalue weighted by molar-refractivity contribution is 0.303. The second-order valence-corrected chi connectivity index (χ2v) is 5.84. The molecule has 0 aliphatic carbocycles. The number of ether oxygens (including phenoxy) is 2. The van der Waals surface area contributed by atoms with Gasteiger partial charge in [0.15, 0.2) is 0 Å². The van der Waals surface area contributed by atoms with Gasteiger partial charge >= 0.3 is 0 Å². The van der Waals surface area contributed by atoms with Crippen molar-refractivity contribution in [3.63, 3.8) is 0 Å². The van der Waals surface area contributed by atoms with Gasteiger partial charge in [0.1, 0.15) is 30.0 Å². The number of methoxy groups -OCH3 is 1. The number of halogens is 3. The second-order valence-electron chi connectivity index (χ2n) is 4.13. The van der Waals surface area contributed by atoms with Gasteiger partial charge in [-0.3, -0.25) is 0 Å². The van der Waals surface area contributed by atoms with Crippen molar-refractivity contribution in [1.82, 2.24) is 0 Å². The van der Waals surface area contributed by atoms with E-state index in [9.17, 15) is 4.39 Å². The SMILES string of the molecule is COc1cc(Br)c(OCc2ccc(F)c(C#N)c2)cc1Br. The van der Waals surface area contributed by atoms with Gasteiger partial charge in [0, 0.05) is 0 Å². The Balaban J connectivity index is 2.17. The van der Waals surface area contributed by atoms with E-state index in [1.165, 1.54) is 12.1 Å². The second kappa shape index (κ2) is 6.92. The molecule has 0 N–H and O–H groups in total. The van der Waals surface area contributed by atoms with Crippen LogP contribution in [0.25, 0.3) is 0 Å². The minimum Gasteiger partial charge on any atom is -0.496 e. The number of rotatable bonds is 4. The van der Waals surface area contributed by atoms with Crippen LogP contribution in [0, 0.1) is 17.1 Å². The first-order chi connectivity index (χ1) is 10.0. The molecule has 0 unspecified atom stereocenters. The van der Waals surface area contributed by atoms with Gasteiger partial charge in [0.25, 0.3) is 0 Å². The summed E-state index contributed by atoms with van der Waals surface area (Å²) in [6, 6.07) is 9.68. The molecule has 0 saturated carbocycles. The third-order valence-electron chi connectivity index (χ3n) is 2.75. The molecule has 0 radical (unpaired) electrons. The molecule has 0 aromatic heterocycles. The lowest BCUT2D eigenvalue weighted by atomic mass is 10.1. The number of nitriles is 1. The van der Waals surface area contributed by atoms with E-state index in [-0.39, 0.29) is 12.2 Å². The first kappa shape index (κ1) is 15.8. The van der Waals surface area contributed by atoms with Crippen LogP contribution in [-0.4, -0.2) is 7.11 Å². The average molecular weight is 415 g/mol. The van der Waals surface area contributed by atoms with Crippen molar-refractivity contribution in [1.29, 1.82) is 5.26 Å². The van der Waals surface area contributed by atoms with Crippen LogP contribution in [0.1, 0.15) is 11.1 Å². The Labute approximate surface area is 138 Å². The van der Waals surface area contributed by atoms with Crippen molar-refractivity contribution in [3.05, 3.63) is 56.2 Å². The number of hydrogen-bond acceptors (Lipinski definition) is 3. The Hall–Kier alpha value is -1.58. The Morgan fingerprint density at radius 1 is 1.14 bits per heavy atom. The van der Waals surface area contributed by atoms with Gasteiger partial charge in [0.2, 0.25) is 0 Å². The van der Waals surface area contributed by atoms with Crippen molar-refractivity contribution in [2.45, 2.75) is 6.61 Å². The molecule has 108 valence electrons. The van der Waals surface area contributed by atoms with E-state index >= 15 is 0 Å². The minimum atomic E-state index is -0.533. The predicted molar refractivity (Wildman–Crippen MR) is 83.8 cm³/mol. The highest BCUT2D eigenvalue weighted by atomic mass is 79.9. The normalized spacial score (nSPS) is 10.0. The minimum absolute atomic E-state index is 0.00563. The molecule has 0 heterocycles. The van der Waals surface area contributed by atoms with Crippen LogP contribution in [0.3, 0.4) is 0 Å². The van der Waals surface area contributed by atoms with Crippen molar-refractivity contribution < 1.29 is 13.9 Å². The summed E-state index contributed by atoms with van der Waals surface area (Å²) in [6.07, 6.45) is 0. The Morgan fingerprint density at radius 2 is 1.81 bits per heavy atom. The van der Waals surface area contributed by atoms with Gasteiger partial charge in [-0.15, -0.1) is 0 Å². The summed E-state index contributed by atoms with van der Waals surface area (Å²) >= 11 is 6.78. The number of benzene rings is 2. The third kappa shape index (κ3) is 3.74. The van der Waals surface area contributed by atoms with E-state index in [0.717, 1.165) is 8.95 Å². The highest BCUT2D eigenvalue weighted by Crippen LogP contribution is 2.36. The molecule has 0 atom stereocenters. The van der Waals surface area contributed by atoms with Gasteiger partial charge in [-0.1, -0.05) is 6.07 Å². The summed E-state index contributed by atoms with van der Waals surface area (Å²) in [4.78, 5) is 0. The van der Waals surface area contributed by atoms with E-state index in [1.807, 2.05) is 0 Å². The predicted octanol–water partition coefficient (Wildman–Crippen LogP) is 4.81. The maximum atomic E-state index is 13.2. The Bertz CT molecular complexity index is 714. The molecule has 2 aromatic carbocycles. The summed E-state index contributed by atoms with van der Waals surface area (Å²) in [5.74, 6) is 0.767. The van der Waals surface area contributed by atoms with E-state index in [0.29, 0.717) is 17.1 Å². The summed E-state index contributed by atoms with van der Waals surface area (Å²) < 4.78 is 25.6. The molecule has 6 heteroatoms. The quantitative estimate of drug-likeness (QED) is 0.720. The van der Waals surface area contributed by atoms with E-state index in [2.05, 4.69) is 31.9 Å². The fraction of sp³-hybridized carbons (Fsp3) is 0.133. The lowest BCUT2D eigenvalue weighted by Crippen LogP contribution is -1.98. The summed E-state index contributed by atoms with van der Waals surface area (Å²) in [6.45, 7) is 0.229. The highest BCUT2D eigenvalue weighted by molar-refractivity contribution is 9.11. The van der Waals surface area contributed by atoms with Crippen molar-refractivity contribution >= 4 is 31.9 Å². The van der Waals surface area contributed by atoms with E-state index < -0.39 is 5.82 Å². The fourth-order valence-electron chi connectivity index (χ4n) is 1.69. The monoisotopic (exact) mass is 413 g/mol. The maximum Gasteiger partial charge on any atom is 0.140 e.